The number of hydrogen-bond acceptors (Lipinski definition) is 5. The van der Waals surface area contributed by atoms with Gasteiger partial charge in [-0.3, -0.25) is 14.6 Å². The fourth-order valence-electron chi connectivity index (χ4n) is 2.82. The molecule has 140 valence electrons. The van der Waals surface area contributed by atoms with Gasteiger partial charge in [-0.05, 0) is 36.4 Å². The van der Waals surface area contributed by atoms with Crippen LogP contribution in [0.25, 0.3) is 0 Å². The average molecular weight is 375 g/mol. The van der Waals surface area contributed by atoms with Crippen molar-refractivity contribution in [3.63, 3.8) is 0 Å². The van der Waals surface area contributed by atoms with E-state index < -0.39 is 5.91 Å². The molecular formula is C21H17N3O4. The van der Waals surface area contributed by atoms with Gasteiger partial charge in [0.25, 0.3) is 11.8 Å². The molecule has 0 unspecified atom stereocenters. The van der Waals surface area contributed by atoms with Gasteiger partial charge >= 0.3 is 0 Å². The molecule has 0 fully saturated rings. The van der Waals surface area contributed by atoms with Crippen molar-refractivity contribution >= 4 is 23.2 Å². The Morgan fingerprint density at radius 3 is 2.61 bits per heavy atom. The van der Waals surface area contributed by atoms with E-state index in [0.717, 1.165) is 5.69 Å². The number of anilines is 2. The van der Waals surface area contributed by atoms with E-state index in [1.807, 2.05) is 30.3 Å². The molecule has 2 amide bonds. The number of aromatic nitrogens is 1. The zero-order valence-corrected chi connectivity index (χ0v) is 15.1. The minimum absolute atomic E-state index is 0.143. The Morgan fingerprint density at radius 2 is 1.79 bits per heavy atom. The van der Waals surface area contributed by atoms with E-state index in [9.17, 15) is 9.59 Å². The molecule has 3 aromatic rings. The van der Waals surface area contributed by atoms with Gasteiger partial charge in [-0.1, -0.05) is 18.2 Å². The summed E-state index contributed by atoms with van der Waals surface area (Å²) in [5.41, 5.74) is 1.83. The number of pyridine rings is 1. The molecule has 0 aliphatic carbocycles. The molecule has 28 heavy (non-hydrogen) atoms. The molecule has 2 heterocycles. The first-order valence-corrected chi connectivity index (χ1v) is 8.62. The van der Waals surface area contributed by atoms with Crippen LogP contribution in [-0.4, -0.2) is 30.6 Å². The van der Waals surface area contributed by atoms with Crippen molar-refractivity contribution in [1.82, 2.24) is 4.98 Å². The monoisotopic (exact) mass is 375 g/mol. The lowest BCUT2D eigenvalue weighted by atomic mass is 10.2. The minimum Gasteiger partial charge on any atom is -0.454 e. The van der Waals surface area contributed by atoms with Crippen LogP contribution in [0.5, 0.6) is 11.5 Å². The zero-order chi connectivity index (χ0) is 19.5. The van der Waals surface area contributed by atoms with Gasteiger partial charge in [0.05, 0.1) is 0 Å². The lowest BCUT2D eigenvalue weighted by Crippen LogP contribution is -2.26. The van der Waals surface area contributed by atoms with Gasteiger partial charge in [0.1, 0.15) is 5.69 Å². The lowest BCUT2D eigenvalue weighted by Gasteiger charge is -2.17. The molecule has 0 saturated heterocycles. The summed E-state index contributed by atoms with van der Waals surface area (Å²) in [5.74, 6) is 0.549. The van der Waals surface area contributed by atoms with E-state index in [-0.39, 0.29) is 18.4 Å². The maximum absolute atomic E-state index is 12.7. The second-order valence-electron chi connectivity index (χ2n) is 6.15. The first-order chi connectivity index (χ1) is 13.6. The summed E-state index contributed by atoms with van der Waals surface area (Å²) < 4.78 is 10.6. The lowest BCUT2D eigenvalue weighted by molar-refractivity contribution is 0.0993. The Bertz CT molecular complexity index is 1040. The number of carbonyl (C=O) groups excluding carboxylic acids is 2. The average Bonchev–Trinajstić information content (AvgIpc) is 3.21. The van der Waals surface area contributed by atoms with Crippen LogP contribution in [0, 0.1) is 0 Å². The van der Waals surface area contributed by atoms with E-state index in [1.165, 1.54) is 17.2 Å². The SMILES string of the molecule is CN(C(=O)c1ccnc(C(=O)Nc2ccc3c(c2)OCO3)c1)c1ccccc1. The fourth-order valence-corrected chi connectivity index (χ4v) is 2.82. The molecule has 7 heteroatoms. The van der Waals surface area contributed by atoms with Crippen LogP contribution in [0.3, 0.4) is 0 Å². The summed E-state index contributed by atoms with van der Waals surface area (Å²) in [6.45, 7) is 0.160. The summed E-state index contributed by atoms with van der Waals surface area (Å²) in [6.07, 6.45) is 1.45. The van der Waals surface area contributed by atoms with Crippen molar-refractivity contribution < 1.29 is 19.1 Å². The molecule has 0 atom stereocenters. The van der Waals surface area contributed by atoms with E-state index in [1.54, 1.807) is 31.3 Å². The van der Waals surface area contributed by atoms with Crippen LogP contribution in [0.1, 0.15) is 20.8 Å². The minimum atomic E-state index is -0.420. The van der Waals surface area contributed by atoms with E-state index in [0.29, 0.717) is 22.7 Å². The summed E-state index contributed by atoms with van der Waals surface area (Å²) >= 11 is 0. The highest BCUT2D eigenvalue weighted by Crippen LogP contribution is 2.34. The molecule has 2 aromatic carbocycles. The smallest absolute Gasteiger partial charge is 0.274 e. The number of rotatable bonds is 4. The van der Waals surface area contributed by atoms with Crippen LogP contribution in [0.15, 0.2) is 66.9 Å². The third kappa shape index (κ3) is 3.50. The standard InChI is InChI=1S/C21H17N3O4/c1-24(16-5-3-2-4-6-16)21(26)14-9-10-22-17(11-14)20(25)23-15-7-8-18-19(12-15)28-13-27-18/h2-12H,13H2,1H3,(H,23,25). The first-order valence-electron chi connectivity index (χ1n) is 8.62. The van der Waals surface area contributed by atoms with Crippen molar-refractivity contribution in [1.29, 1.82) is 0 Å². The Hall–Kier alpha value is -3.87. The Kier molecular flexibility index (Phi) is 4.63. The number of benzene rings is 2. The number of hydrogen-bond donors (Lipinski definition) is 1. The molecule has 7 nitrogen and oxygen atoms in total. The van der Waals surface area contributed by atoms with Crippen LogP contribution in [-0.2, 0) is 0 Å². The van der Waals surface area contributed by atoms with Crippen molar-refractivity contribution in [3.8, 4) is 11.5 Å². The van der Waals surface area contributed by atoms with E-state index >= 15 is 0 Å². The zero-order valence-electron chi connectivity index (χ0n) is 15.1. The molecule has 0 bridgehead atoms. The predicted octanol–water partition coefficient (Wildman–Crippen LogP) is 3.34. The van der Waals surface area contributed by atoms with E-state index in [4.69, 9.17) is 9.47 Å². The van der Waals surface area contributed by atoms with Crippen molar-refractivity contribution in [2.75, 3.05) is 24.1 Å². The van der Waals surface area contributed by atoms with Crippen LogP contribution < -0.4 is 19.7 Å². The quantitative estimate of drug-likeness (QED) is 0.756. The van der Waals surface area contributed by atoms with Crippen molar-refractivity contribution in [3.05, 3.63) is 78.1 Å². The van der Waals surface area contributed by atoms with Crippen molar-refractivity contribution in [2.24, 2.45) is 0 Å². The molecule has 1 N–H and O–H groups in total. The first kappa shape index (κ1) is 17.5. The molecule has 1 aliphatic rings. The number of amides is 2. The molecule has 0 spiro atoms. The number of nitrogens with one attached hydrogen (secondary N) is 1. The van der Waals surface area contributed by atoms with Gasteiger partial charge in [-0.25, -0.2) is 0 Å². The molecule has 1 aromatic heterocycles. The van der Waals surface area contributed by atoms with Gasteiger partial charge in [-0.15, -0.1) is 0 Å². The third-order valence-corrected chi connectivity index (χ3v) is 4.32. The maximum Gasteiger partial charge on any atom is 0.274 e. The summed E-state index contributed by atoms with van der Waals surface area (Å²) in [4.78, 5) is 30.9. The highest BCUT2D eigenvalue weighted by molar-refractivity contribution is 6.08. The summed E-state index contributed by atoms with van der Waals surface area (Å²) in [6, 6.07) is 17.4. The fraction of sp³-hybridized carbons (Fsp3) is 0.0952. The van der Waals surface area contributed by atoms with Gasteiger partial charge < -0.3 is 19.7 Å². The summed E-state index contributed by atoms with van der Waals surface area (Å²) in [7, 11) is 1.68. The van der Waals surface area contributed by atoms with E-state index in [2.05, 4.69) is 10.3 Å². The second kappa shape index (κ2) is 7.40. The number of carbonyl (C=O) groups is 2. The van der Waals surface area contributed by atoms with Crippen LogP contribution in [0.2, 0.25) is 0 Å². The predicted molar refractivity (Wildman–Crippen MR) is 104 cm³/mol. The van der Waals surface area contributed by atoms with Crippen molar-refractivity contribution in [2.45, 2.75) is 0 Å². The molecule has 1 aliphatic heterocycles. The topological polar surface area (TPSA) is 80.8 Å². The number of fused-ring (bicyclic) bond motifs is 1. The molecule has 4 rings (SSSR count). The molecular weight excluding hydrogens is 358 g/mol. The molecule has 0 radical (unpaired) electrons. The van der Waals surface area contributed by atoms with Gasteiger partial charge in [0.2, 0.25) is 6.79 Å². The maximum atomic E-state index is 12.7. The van der Waals surface area contributed by atoms with Crippen LogP contribution >= 0.6 is 0 Å². The van der Waals surface area contributed by atoms with Gasteiger partial charge in [0, 0.05) is 36.2 Å². The largest absolute Gasteiger partial charge is 0.454 e. The third-order valence-electron chi connectivity index (χ3n) is 4.32. The highest BCUT2D eigenvalue weighted by atomic mass is 16.7. The number of ether oxygens (including phenoxy) is 2. The second-order valence-corrected chi connectivity index (χ2v) is 6.15. The Balaban J connectivity index is 1.51. The normalized spacial score (nSPS) is 11.8. The van der Waals surface area contributed by atoms with Crippen LogP contribution in [0.4, 0.5) is 11.4 Å². The van der Waals surface area contributed by atoms with Gasteiger partial charge in [0.15, 0.2) is 11.5 Å². The summed E-state index contributed by atoms with van der Waals surface area (Å²) in [5, 5.41) is 2.75. The Morgan fingerprint density at radius 1 is 1.00 bits per heavy atom. The Labute approximate surface area is 161 Å². The number of nitrogens with zero attached hydrogens (tertiary/aromatic N) is 2. The number of para-hydroxylation sites is 1. The van der Waals surface area contributed by atoms with Gasteiger partial charge in [-0.2, -0.15) is 0 Å². The molecule has 0 saturated carbocycles. The highest BCUT2D eigenvalue weighted by Gasteiger charge is 2.18.